The van der Waals surface area contributed by atoms with Crippen molar-refractivity contribution in [3.05, 3.63) is 22.4 Å². The number of nitrogens with zero attached hydrogens (tertiary/aromatic N) is 2. The highest BCUT2D eigenvalue weighted by atomic mass is 32.1. The molecule has 0 bridgehead atoms. The Bertz CT molecular complexity index is 575. The lowest BCUT2D eigenvalue weighted by Crippen LogP contribution is -2.53. The van der Waals surface area contributed by atoms with E-state index in [1.807, 2.05) is 29.3 Å². The van der Waals surface area contributed by atoms with E-state index in [2.05, 4.69) is 10.2 Å². The number of thiophene rings is 1. The third kappa shape index (κ3) is 3.64. The van der Waals surface area contributed by atoms with Gasteiger partial charge in [0.25, 0.3) is 0 Å². The van der Waals surface area contributed by atoms with Crippen LogP contribution in [0.5, 0.6) is 0 Å². The number of hydrogen-bond acceptors (Lipinski definition) is 4. The van der Waals surface area contributed by atoms with Crippen LogP contribution in [0.1, 0.15) is 44.4 Å². The summed E-state index contributed by atoms with van der Waals surface area (Å²) in [5, 5.41) is 5.08. The molecule has 2 amide bonds. The van der Waals surface area contributed by atoms with E-state index in [1.165, 1.54) is 4.88 Å². The van der Waals surface area contributed by atoms with Gasteiger partial charge in [-0.05, 0) is 50.6 Å². The van der Waals surface area contributed by atoms with Crippen LogP contribution in [0.15, 0.2) is 17.5 Å². The van der Waals surface area contributed by atoms with Gasteiger partial charge in [0, 0.05) is 30.4 Å². The Balaban J connectivity index is 1.61. The molecule has 0 aliphatic carbocycles. The Kier molecular flexibility index (Phi) is 5.56. The Labute approximate surface area is 148 Å². The van der Waals surface area contributed by atoms with Crippen molar-refractivity contribution in [2.24, 2.45) is 0 Å². The zero-order chi connectivity index (χ0) is 17.1. The van der Waals surface area contributed by atoms with E-state index in [-0.39, 0.29) is 23.9 Å². The third-order valence-corrected chi connectivity index (χ3v) is 6.26. The van der Waals surface area contributed by atoms with Crippen molar-refractivity contribution in [2.45, 2.75) is 64.2 Å². The summed E-state index contributed by atoms with van der Waals surface area (Å²) in [6.07, 6.45) is 4.32. The van der Waals surface area contributed by atoms with Crippen LogP contribution in [0.4, 0.5) is 0 Å². The van der Waals surface area contributed by atoms with E-state index < -0.39 is 0 Å². The minimum absolute atomic E-state index is 0.0858. The highest BCUT2D eigenvalue weighted by Gasteiger charge is 2.41. The van der Waals surface area contributed by atoms with Crippen LogP contribution in [0.3, 0.4) is 0 Å². The topological polar surface area (TPSA) is 52.7 Å². The molecule has 3 atom stereocenters. The number of rotatable bonds is 5. The van der Waals surface area contributed by atoms with Crippen molar-refractivity contribution in [2.75, 3.05) is 13.1 Å². The quantitative estimate of drug-likeness (QED) is 0.887. The molecule has 2 aliphatic rings. The summed E-state index contributed by atoms with van der Waals surface area (Å²) >= 11 is 1.66. The third-order valence-electron chi connectivity index (χ3n) is 5.38. The summed E-state index contributed by atoms with van der Waals surface area (Å²) in [4.78, 5) is 30.0. The first-order valence-corrected chi connectivity index (χ1v) is 9.79. The molecule has 3 rings (SSSR count). The van der Waals surface area contributed by atoms with Crippen molar-refractivity contribution < 1.29 is 9.59 Å². The van der Waals surface area contributed by atoms with E-state index in [0.29, 0.717) is 12.6 Å². The highest BCUT2D eigenvalue weighted by Crippen LogP contribution is 2.31. The monoisotopic (exact) mass is 349 g/mol. The van der Waals surface area contributed by atoms with Gasteiger partial charge >= 0.3 is 0 Å². The predicted octanol–water partition coefficient (Wildman–Crippen LogP) is 2.23. The Morgan fingerprint density at radius 1 is 1.29 bits per heavy atom. The van der Waals surface area contributed by atoms with Gasteiger partial charge in [-0.2, -0.15) is 0 Å². The van der Waals surface area contributed by atoms with Crippen LogP contribution in [-0.2, 0) is 16.1 Å². The normalized spacial score (nSPS) is 25.8. The van der Waals surface area contributed by atoms with Crippen LogP contribution in [0, 0.1) is 0 Å². The fourth-order valence-corrected chi connectivity index (χ4v) is 4.82. The maximum absolute atomic E-state index is 12.6. The van der Waals surface area contributed by atoms with Crippen molar-refractivity contribution in [3.8, 4) is 0 Å². The smallest absolute Gasteiger partial charge is 0.237 e. The van der Waals surface area contributed by atoms with E-state index in [0.717, 1.165) is 38.8 Å². The van der Waals surface area contributed by atoms with Crippen molar-refractivity contribution >= 4 is 23.2 Å². The minimum Gasteiger partial charge on any atom is -0.350 e. The first-order chi connectivity index (χ1) is 11.6. The lowest BCUT2D eigenvalue weighted by molar-refractivity contribution is -0.131. The lowest BCUT2D eigenvalue weighted by atomic mass is 10.0. The number of carbonyl (C=O) groups is 2. The van der Waals surface area contributed by atoms with Gasteiger partial charge in [0.1, 0.15) is 0 Å². The lowest BCUT2D eigenvalue weighted by Gasteiger charge is -2.37. The fourth-order valence-electron chi connectivity index (χ4n) is 4.18. The number of amides is 2. The Morgan fingerprint density at radius 3 is 2.75 bits per heavy atom. The first-order valence-electron chi connectivity index (χ1n) is 8.91. The van der Waals surface area contributed by atoms with Gasteiger partial charge in [-0.1, -0.05) is 6.07 Å². The summed E-state index contributed by atoms with van der Waals surface area (Å²) < 4.78 is 0. The number of hydrogen-bond donors (Lipinski definition) is 1. The molecule has 3 heterocycles. The maximum atomic E-state index is 12.6. The SMILES string of the molecule is CC(=O)N1CCC[C@@H]1[C@@H]1CCCN1[C@@H](C)C(=O)NCc1cccs1. The van der Waals surface area contributed by atoms with Crippen molar-refractivity contribution in [1.82, 2.24) is 15.1 Å². The molecule has 1 aromatic heterocycles. The largest absolute Gasteiger partial charge is 0.350 e. The molecule has 6 heteroatoms. The van der Waals surface area contributed by atoms with Gasteiger partial charge in [-0.15, -0.1) is 11.3 Å². The maximum Gasteiger partial charge on any atom is 0.237 e. The average Bonchev–Trinajstić information content (AvgIpc) is 3.31. The molecule has 5 nitrogen and oxygen atoms in total. The first kappa shape index (κ1) is 17.4. The second-order valence-corrected chi connectivity index (χ2v) is 7.87. The summed E-state index contributed by atoms with van der Waals surface area (Å²) in [7, 11) is 0. The standard InChI is InChI=1S/C18H27N3O2S/c1-13(18(23)19-12-15-6-5-11-24-15)20-9-3-7-16(20)17-8-4-10-21(17)14(2)22/h5-6,11,13,16-17H,3-4,7-10,12H2,1-2H3,(H,19,23)/t13-,16-,17+/m0/s1. The average molecular weight is 350 g/mol. The molecule has 1 N–H and O–H groups in total. The van der Waals surface area contributed by atoms with Crippen LogP contribution < -0.4 is 5.32 Å². The second kappa shape index (κ2) is 7.66. The van der Waals surface area contributed by atoms with Gasteiger partial charge in [-0.25, -0.2) is 0 Å². The molecule has 0 spiro atoms. The minimum atomic E-state index is -0.146. The molecule has 2 fully saturated rings. The Morgan fingerprint density at radius 2 is 2.04 bits per heavy atom. The van der Waals surface area contributed by atoms with Gasteiger partial charge in [0.2, 0.25) is 11.8 Å². The molecule has 2 aliphatic heterocycles. The summed E-state index contributed by atoms with van der Waals surface area (Å²) in [5.74, 6) is 0.252. The number of likely N-dealkylation sites (tertiary alicyclic amines) is 2. The fraction of sp³-hybridized carbons (Fsp3) is 0.667. The number of nitrogens with one attached hydrogen (secondary N) is 1. The number of carbonyl (C=O) groups excluding carboxylic acids is 2. The molecule has 0 radical (unpaired) electrons. The molecule has 24 heavy (non-hydrogen) atoms. The van der Waals surface area contributed by atoms with E-state index in [1.54, 1.807) is 18.3 Å². The van der Waals surface area contributed by atoms with Gasteiger partial charge in [0.05, 0.1) is 12.6 Å². The van der Waals surface area contributed by atoms with Gasteiger partial charge in [0.15, 0.2) is 0 Å². The van der Waals surface area contributed by atoms with E-state index in [9.17, 15) is 9.59 Å². The summed E-state index contributed by atoms with van der Waals surface area (Å²) in [6.45, 7) is 6.07. The molecule has 2 saturated heterocycles. The predicted molar refractivity (Wildman–Crippen MR) is 95.8 cm³/mol. The molecule has 0 aromatic carbocycles. The molecule has 1 aromatic rings. The zero-order valence-electron chi connectivity index (χ0n) is 14.5. The molecule has 132 valence electrons. The second-order valence-electron chi connectivity index (χ2n) is 6.84. The zero-order valence-corrected chi connectivity index (χ0v) is 15.3. The summed E-state index contributed by atoms with van der Waals surface area (Å²) in [5.41, 5.74) is 0. The van der Waals surface area contributed by atoms with Crippen molar-refractivity contribution in [1.29, 1.82) is 0 Å². The van der Waals surface area contributed by atoms with Crippen LogP contribution in [0.2, 0.25) is 0 Å². The highest BCUT2D eigenvalue weighted by molar-refractivity contribution is 7.09. The molecular formula is C18H27N3O2S. The van der Waals surface area contributed by atoms with Gasteiger partial charge in [-0.3, -0.25) is 14.5 Å². The van der Waals surface area contributed by atoms with E-state index >= 15 is 0 Å². The van der Waals surface area contributed by atoms with Crippen molar-refractivity contribution in [3.63, 3.8) is 0 Å². The summed E-state index contributed by atoms with van der Waals surface area (Å²) in [6, 6.07) is 4.49. The molecule has 0 saturated carbocycles. The van der Waals surface area contributed by atoms with E-state index in [4.69, 9.17) is 0 Å². The van der Waals surface area contributed by atoms with Crippen LogP contribution >= 0.6 is 11.3 Å². The van der Waals surface area contributed by atoms with Gasteiger partial charge < -0.3 is 10.2 Å². The Hall–Kier alpha value is -1.40. The van der Waals surface area contributed by atoms with Crippen LogP contribution in [-0.4, -0.2) is 52.8 Å². The van der Waals surface area contributed by atoms with Crippen LogP contribution in [0.25, 0.3) is 0 Å². The molecule has 0 unspecified atom stereocenters. The molecular weight excluding hydrogens is 322 g/mol.